The van der Waals surface area contributed by atoms with E-state index in [4.69, 9.17) is 15.2 Å². The first-order chi connectivity index (χ1) is 8.06. The summed E-state index contributed by atoms with van der Waals surface area (Å²) < 4.78 is 11.5. The average molecular weight is 301 g/mol. The molecule has 0 unspecified atom stereocenters. The molecule has 0 bridgehead atoms. The van der Waals surface area contributed by atoms with Crippen LogP contribution in [-0.4, -0.2) is 31.2 Å². The topological polar surface area (TPSA) is 64.8 Å². The number of hydrogen-bond acceptors (Lipinski definition) is 4. The molecule has 1 aromatic rings. The lowest BCUT2D eigenvalue weighted by Crippen LogP contribution is -2.30. The van der Waals surface area contributed by atoms with E-state index >= 15 is 0 Å². The summed E-state index contributed by atoms with van der Waals surface area (Å²) in [5.41, 5.74) is 6.16. The van der Waals surface area contributed by atoms with E-state index < -0.39 is 0 Å². The zero-order chi connectivity index (χ0) is 12.4. The maximum absolute atomic E-state index is 10.8. The van der Waals surface area contributed by atoms with Gasteiger partial charge in [0, 0.05) is 11.0 Å². The molecule has 1 amide bonds. The summed E-state index contributed by atoms with van der Waals surface area (Å²) in [6.45, 7) is 1.09. The fourth-order valence-corrected chi connectivity index (χ4v) is 2.14. The molecule has 0 saturated carbocycles. The Kier molecular flexibility index (Phi) is 3.54. The van der Waals surface area contributed by atoms with E-state index in [-0.39, 0.29) is 19.2 Å². The molecule has 5 nitrogen and oxygen atoms in total. The number of rotatable bonds is 4. The van der Waals surface area contributed by atoms with Gasteiger partial charge in [-0.2, -0.15) is 0 Å². The monoisotopic (exact) mass is 300 g/mol. The van der Waals surface area contributed by atoms with Crippen molar-refractivity contribution in [2.45, 2.75) is 6.54 Å². The van der Waals surface area contributed by atoms with Crippen LogP contribution in [0.3, 0.4) is 0 Å². The van der Waals surface area contributed by atoms with Crippen molar-refractivity contribution in [2.24, 2.45) is 5.73 Å². The number of fused-ring (bicyclic) bond motifs is 1. The van der Waals surface area contributed by atoms with Crippen LogP contribution in [0.15, 0.2) is 16.6 Å². The van der Waals surface area contributed by atoms with Crippen LogP contribution in [-0.2, 0) is 11.3 Å². The Labute approximate surface area is 108 Å². The van der Waals surface area contributed by atoms with Gasteiger partial charge in [-0.3, -0.25) is 9.69 Å². The van der Waals surface area contributed by atoms with Gasteiger partial charge in [-0.1, -0.05) is 15.9 Å². The number of benzene rings is 1. The second-order valence-electron chi connectivity index (χ2n) is 3.94. The van der Waals surface area contributed by atoms with Crippen molar-refractivity contribution in [3.63, 3.8) is 0 Å². The van der Waals surface area contributed by atoms with Gasteiger partial charge in [0.2, 0.25) is 12.7 Å². The molecule has 92 valence electrons. The van der Waals surface area contributed by atoms with E-state index in [1.54, 1.807) is 0 Å². The predicted molar refractivity (Wildman–Crippen MR) is 65.8 cm³/mol. The summed E-state index contributed by atoms with van der Waals surface area (Å²) >= 11 is 3.47. The summed E-state index contributed by atoms with van der Waals surface area (Å²) in [5, 5.41) is 0. The van der Waals surface area contributed by atoms with Gasteiger partial charge >= 0.3 is 0 Å². The molecule has 2 N–H and O–H groups in total. The minimum atomic E-state index is -0.343. The summed E-state index contributed by atoms with van der Waals surface area (Å²) in [4.78, 5) is 12.6. The number of hydrogen-bond donors (Lipinski definition) is 1. The Hall–Kier alpha value is -1.27. The number of carbonyl (C=O) groups excluding carboxylic acids is 1. The summed E-state index contributed by atoms with van der Waals surface area (Å²) in [6.07, 6.45) is 0. The minimum absolute atomic E-state index is 0.223. The molecule has 0 atom stereocenters. The maximum atomic E-state index is 10.8. The van der Waals surface area contributed by atoms with E-state index in [2.05, 4.69) is 15.9 Å². The Morgan fingerprint density at radius 3 is 2.76 bits per heavy atom. The van der Waals surface area contributed by atoms with Gasteiger partial charge in [0.15, 0.2) is 11.5 Å². The maximum Gasteiger partial charge on any atom is 0.231 e. The number of nitrogens with two attached hydrogens (primary N) is 1. The number of primary amides is 1. The molecule has 6 heteroatoms. The van der Waals surface area contributed by atoms with Crippen molar-refractivity contribution >= 4 is 21.8 Å². The Morgan fingerprint density at radius 1 is 1.47 bits per heavy atom. The molecule has 1 heterocycles. The number of halogens is 1. The standard InChI is InChI=1S/C11H13BrN2O3/c1-14(5-11(13)15)4-7-2-9-10(3-8(7)12)17-6-16-9/h2-3H,4-6H2,1H3,(H2,13,15). The number of amides is 1. The summed E-state index contributed by atoms with van der Waals surface area (Å²) in [6, 6.07) is 3.78. The van der Waals surface area contributed by atoms with Crippen molar-refractivity contribution in [1.29, 1.82) is 0 Å². The molecule has 1 aromatic carbocycles. The van der Waals surface area contributed by atoms with Crippen LogP contribution < -0.4 is 15.2 Å². The molecule has 1 aliphatic rings. The Balaban J connectivity index is 2.13. The molecule has 0 radical (unpaired) electrons. The zero-order valence-corrected chi connectivity index (χ0v) is 11.0. The normalized spacial score (nSPS) is 13.1. The van der Waals surface area contributed by atoms with Crippen molar-refractivity contribution in [1.82, 2.24) is 4.90 Å². The first kappa shape index (κ1) is 12.2. The van der Waals surface area contributed by atoms with E-state index in [1.807, 2.05) is 24.1 Å². The van der Waals surface area contributed by atoms with Crippen LogP contribution >= 0.6 is 15.9 Å². The lowest BCUT2D eigenvalue weighted by Gasteiger charge is -2.15. The summed E-state index contributed by atoms with van der Waals surface area (Å²) in [7, 11) is 1.84. The second-order valence-corrected chi connectivity index (χ2v) is 4.79. The smallest absolute Gasteiger partial charge is 0.231 e. The van der Waals surface area contributed by atoms with E-state index in [9.17, 15) is 4.79 Å². The van der Waals surface area contributed by atoms with Crippen LogP contribution in [0, 0.1) is 0 Å². The van der Waals surface area contributed by atoms with Gasteiger partial charge in [0.25, 0.3) is 0 Å². The predicted octanol–water partition coefficient (Wildman–Crippen LogP) is 1.09. The van der Waals surface area contributed by atoms with Gasteiger partial charge in [0.1, 0.15) is 0 Å². The van der Waals surface area contributed by atoms with Crippen LogP contribution in [0.2, 0.25) is 0 Å². The van der Waals surface area contributed by atoms with Gasteiger partial charge in [-0.05, 0) is 24.7 Å². The summed E-state index contributed by atoms with van der Waals surface area (Å²) in [5.74, 6) is 1.12. The first-order valence-corrected chi connectivity index (χ1v) is 5.90. The quantitative estimate of drug-likeness (QED) is 0.904. The first-order valence-electron chi connectivity index (χ1n) is 5.11. The van der Waals surface area contributed by atoms with Crippen molar-refractivity contribution in [2.75, 3.05) is 20.4 Å². The third-order valence-electron chi connectivity index (χ3n) is 2.41. The van der Waals surface area contributed by atoms with E-state index in [0.29, 0.717) is 6.54 Å². The van der Waals surface area contributed by atoms with Crippen LogP contribution in [0.1, 0.15) is 5.56 Å². The Morgan fingerprint density at radius 2 is 2.12 bits per heavy atom. The van der Waals surface area contributed by atoms with Crippen LogP contribution in [0.5, 0.6) is 11.5 Å². The second kappa shape index (κ2) is 4.93. The number of likely N-dealkylation sites (N-methyl/N-ethyl adjacent to an activating group) is 1. The highest BCUT2D eigenvalue weighted by Crippen LogP contribution is 2.37. The molecule has 1 aliphatic heterocycles. The molecular weight excluding hydrogens is 288 g/mol. The highest BCUT2D eigenvalue weighted by Gasteiger charge is 2.17. The lowest BCUT2D eigenvalue weighted by molar-refractivity contribution is -0.118. The van der Waals surface area contributed by atoms with Crippen molar-refractivity contribution in [3.8, 4) is 11.5 Å². The third-order valence-corrected chi connectivity index (χ3v) is 3.15. The van der Waals surface area contributed by atoms with E-state index in [0.717, 1.165) is 21.5 Å². The number of ether oxygens (including phenoxy) is 2. The van der Waals surface area contributed by atoms with Gasteiger partial charge in [-0.15, -0.1) is 0 Å². The minimum Gasteiger partial charge on any atom is -0.454 e. The fraction of sp³-hybridized carbons (Fsp3) is 0.364. The molecule has 17 heavy (non-hydrogen) atoms. The fourth-order valence-electron chi connectivity index (χ4n) is 1.69. The van der Waals surface area contributed by atoms with Crippen molar-refractivity contribution in [3.05, 3.63) is 22.2 Å². The number of carbonyl (C=O) groups is 1. The molecule has 0 aliphatic carbocycles. The lowest BCUT2D eigenvalue weighted by atomic mass is 10.2. The number of nitrogens with zero attached hydrogens (tertiary/aromatic N) is 1. The average Bonchev–Trinajstić information content (AvgIpc) is 2.63. The van der Waals surface area contributed by atoms with Crippen LogP contribution in [0.25, 0.3) is 0 Å². The highest BCUT2D eigenvalue weighted by molar-refractivity contribution is 9.10. The Bertz CT molecular complexity index is 451. The van der Waals surface area contributed by atoms with Gasteiger partial charge in [-0.25, -0.2) is 0 Å². The molecule has 2 rings (SSSR count). The SMILES string of the molecule is CN(CC(N)=O)Cc1cc2c(cc1Br)OCO2. The highest BCUT2D eigenvalue weighted by atomic mass is 79.9. The molecule has 0 aromatic heterocycles. The van der Waals surface area contributed by atoms with Crippen LogP contribution in [0.4, 0.5) is 0 Å². The third kappa shape index (κ3) is 2.89. The zero-order valence-electron chi connectivity index (χ0n) is 9.40. The van der Waals surface area contributed by atoms with E-state index in [1.165, 1.54) is 0 Å². The largest absolute Gasteiger partial charge is 0.454 e. The van der Waals surface area contributed by atoms with Crippen molar-refractivity contribution < 1.29 is 14.3 Å². The van der Waals surface area contributed by atoms with Gasteiger partial charge < -0.3 is 15.2 Å². The molecular formula is C11H13BrN2O3. The molecule has 0 spiro atoms. The van der Waals surface area contributed by atoms with Gasteiger partial charge in [0.05, 0.1) is 6.54 Å². The molecule has 0 saturated heterocycles. The molecule has 0 fully saturated rings.